The lowest BCUT2D eigenvalue weighted by molar-refractivity contribution is -0.137. The fraction of sp³-hybridized carbons (Fsp3) is 0.833. The molecule has 0 rings (SSSR count). The molecule has 0 aromatic heterocycles. The van der Waals surface area contributed by atoms with Gasteiger partial charge in [0, 0.05) is 6.42 Å². The zero-order valence-corrected chi connectivity index (χ0v) is 11.7. The minimum Gasteiger partial charge on any atom is -0.481 e. The topological polar surface area (TPSA) is 182 Å². The third kappa shape index (κ3) is 12.4. The lowest BCUT2D eigenvalue weighted by atomic mass is 10.0. The third-order valence-electron chi connectivity index (χ3n) is 2.52. The van der Waals surface area contributed by atoms with Crippen molar-refractivity contribution in [1.82, 2.24) is 0 Å². The van der Waals surface area contributed by atoms with Crippen molar-refractivity contribution in [3.8, 4) is 0 Å². The molecule has 126 valence electrons. The standard InChI is InChI=1S/C6H13NO2.C6H12O6/c7-5-3-1-2-4-6(8)9;7-1-3(9)5(11)6(12)4(10)2-8/h1-5,7H2,(H,8,9);1,3-6,8-12H,2H2/t;3-,4+,5+,6+/m.0/s1. The van der Waals surface area contributed by atoms with Crippen LogP contribution >= 0.6 is 0 Å². The van der Waals surface area contributed by atoms with Crippen LogP contribution in [-0.4, -0.2) is 80.5 Å². The number of carbonyl (C=O) groups excluding carboxylic acids is 1. The number of aliphatic hydroxyl groups excluding tert-OH is 5. The highest BCUT2D eigenvalue weighted by Gasteiger charge is 2.29. The van der Waals surface area contributed by atoms with E-state index in [9.17, 15) is 9.59 Å². The SMILES string of the molecule is NCCCCCC(=O)O.O=C[C@H](O)[C@@H](O)[C@H](O)[C@H](O)CO. The van der Waals surface area contributed by atoms with Gasteiger partial charge in [-0.2, -0.15) is 0 Å². The zero-order valence-electron chi connectivity index (χ0n) is 11.7. The molecule has 0 aliphatic rings. The molecular weight excluding hydrogens is 286 g/mol. The fourth-order valence-electron chi connectivity index (χ4n) is 1.22. The van der Waals surface area contributed by atoms with Gasteiger partial charge in [0.05, 0.1) is 6.61 Å². The summed E-state index contributed by atoms with van der Waals surface area (Å²) in [6, 6.07) is 0. The van der Waals surface area contributed by atoms with Gasteiger partial charge in [0.1, 0.15) is 24.4 Å². The zero-order chi connectivity index (χ0) is 16.8. The van der Waals surface area contributed by atoms with E-state index in [1.807, 2.05) is 0 Å². The maximum absolute atomic E-state index is 9.93. The number of rotatable bonds is 10. The number of nitrogens with two attached hydrogens (primary N) is 1. The molecule has 0 unspecified atom stereocenters. The number of aliphatic carboxylic acids is 1. The Labute approximate surface area is 122 Å². The summed E-state index contributed by atoms with van der Waals surface area (Å²) in [5.41, 5.74) is 5.20. The van der Waals surface area contributed by atoms with E-state index in [1.165, 1.54) is 0 Å². The Morgan fingerprint density at radius 3 is 2.00 bits per heavy atom. The van der Waals surface area contributed by atoms with Crippen molar-refractivity contribution in [2.75, 3.05) is 13.2 Å². The second-order valence-corrected chi connectivity index (χ2v) is 4.35. The Kier molecular flexibility index (Phi) is 14.6. The van der Waals surface area contributed by atoms with Crippen molar-refractivity contribution < 1.29 is 40.2 Å². The average molecular weight is 311 g/mol. The van der Waals surface area contributed by atoms with Gasteiger partial charge in [-0.25, -0.2) is 0 Å². The van der Waals surface area contributed by atoms with Crippen LogP contribution in [0.2, 0.25) is 0 Å². The maximum atomic E-state index is 9.93. The predicted molar refractivity (Wildman–Crippen MR) is 72.3 cm³/mol. The summed E-state index contributed by atoms with van der Waals surface area (Å²) in [6.07, 6.45) is -3.93. The average Bonchev–Trinajstić information content (AvgIpc) is 2.48. The second kappa shape index (κ2) is 13.9. The first-order valence-corrected chi connectivity index (χ1v) is 6.52. The van der Waals surface area contributed by atoms with E-state index in [0.717, 1.165) is 19.3 Å². The quantitative estimate of drug-likeness (QED) is 0.166. The van der Waals surface area contributed by atoms with E-state index in [-0.39, 0.29) is 12.7 Å². The largest absolute Gasteiger partial charge is 0.481 e. The Morgan fingerprint density at radius 2 is 1.62 bits per heavy atom. The van der Waals surface area contributed by atoms with Gasteiger partial charge in [-0.15, -0.1) is 0 Å². The van der Waals surface area contributed by atoms with Crippen molar-refractivity contribution in [1.29, 1.82) is 0 Å². The molecule has 8 N–H and O–H groups in total. The van der Waals surface area contributed by atoms with Gasteiger partial charge in [-0.1, -0.05) is 6.42 Å². The third-order valence-corrected chi connectivity index (χ3v) is 2.52. The number of hydrogen-bond acceptors (Lipinski definition) is 8. The number of aliphatic hydroxyl groups is 5. The van der Waals surface area contributed by atoms with E-state index >= 15 is 0 Å². The molecule has 9 heteroatoms. The molecule has 21 heavy (non-hydrogen) atoms. The van der Waals surface area contributed by atoms with Crippen molar-refractivity contribution >= 4 is 12.3 Å². The molecule has 0 aliphatic heterocycles. The minimum absolute atomic E-state index is 0.0258. The number of carboxylic acids is 1. The maximum Gasteiger partial charge on any atom is 0.303 e. The van der Waals surface area contributed by atoms with Crippen molar-refractivity contribution in [3.63, 3.8) is 0 Å². The van der Waals surface area contributed by atoms with E-state index in [1.54, 1.807) is 0 Å². The van der Waals surface area contributed by atoms with Crippen molar-refractivity contribution in [2.45, 2.75) is 50.1 Å². The summed E-state index contributed by atoms with van der Waals surface area (Å²) < 4.78 is 0. The van der Waals surface area contributed by atoms with Crippen LogP contribution in [0.5, 0.6) is 0 Å². The molecule has 0 amide bonds. The first-order chi connectivity index (χ1) is 9.81. The lowest BCUT2D eigenvalue weighted by Crippen LogP contribution is -2.46. The van der Waals surface area contributed by atoms with Gasteiger partial charge in [0.2, 0.25) is 0 Å². The molecule has 0 heterocycles. The predicted octanol–water partition coefficient (Wildman–Crippen LogP) is -2.79. The van der Waals surface area contributed by atoms with Crippen LogP contribution < -0.4 is 5.73 Å². The second-order valence-electron chi connectivity index (χ2n) is 4.35. The lowest BCUT2D eigenvalue weighted by Gasteiger charge is -2.22. The van der Waals surface area contributed by atoms with Crippen LogP contribution in [0.15, 0.2) is 0 Å². The molecule has 0 saturated carbocycles. The van der Waals surface area contributed by atoms with Crippen molar-refractivity contribution in [3.05, 3.63) is 0 Å². The highest BCUT2D eigenvalue weighted by atomic mass is 16.4. The summed E-state index contributed by atoms with van der Waals surface area (Å²) in [5.74, 6) is -0.716. The number of unbranched alkanes of at least 4 members (excludes halogenated alkanes) is 2. The van der Waals surface area contributed by atoms with Gasteiger partial charge >= 0.3 is 5.97 Å². The first kappa shape index (κ1) is 22.2. The Morgan fingerprint density at radius 1 is 1.05 bits per heavy atom. The summed E-state index contributed by atoms with van der Waals surface area (Å²) in [7, 11) is 0. The molecule has 0 radical (unpaired) electrons. The highest BCUT2D eigenvalue weighted by molar-refractivity contribution is 5.66. The molecule has 9 nitrogen and oxygen atoms in total. The van der Waals surface area contributed by atoms with Crippen LogP contribution in [0.3, 0.4) is 0 Å². The molecule has 0 spiro atoms. The molecule has 0 bridgehead atoms. The summed E-state index contributed by atoms with van der Waals surface area (Å²) in [6.45, 7) is -0.0938. The summed E-state index contributed by atoms with van der Waals surface area (Å²) in [4.78, 5) is 19.8. The van der Waals surface area contributed by atoms with Crippen LogP contribution in [-0.2, 0) is 9.59 Å². The number of carbonyl (C=O) groups is 2. The molecule has 0 fully saturated rings. The van der Waals surface area contributed by atoms with E-state index < -0.39 is 37.0 Å². The van der Waals surface area contributed by atoms with Crippen LogP contribution in [0.1, 0.15) is 25.7 Å². The van der Waals surface area contributed by atoms with E-state index in [0.29, 0.717) is 6.54 Å². The normalized spacial score (nSPS) is 16.1. The Bertz CT molecular complexity index is 276. The molecule has 0 saturated heterocycles. The van der Waals surface area contributed by atoms with Gasteiger partial charge in [0.15, 0.2) is 6.29 Å². The molecule has 4 atom stereocenters. The summed E-state index contributed by atoms with van der Waals surface area (Å²) in [5, 5.41) is 51.7. The van der Waals surface area contributed by atoms with Gasteiger partial charge in [-0.3, -0.25) is 4.79 Å². The highest BCUT2D eigenvalue weighted by Crippen LogP contribution is 2.03. The molecular formula is C12H25NO8. The van der Waals surface area contributed by atoms with E-state index in [2.05, 4.69) is 0 Å². The number of aldehydes is 1. The Balaban J connectivity index is 0. The fourth-order valence-corrected chi connectivity index (χ4v) is 1.22. The van der Waals surface area contributed by atoms with Crippen LogP contribution in [0.4, 0.5) is 0 Å². The Hall–Kier alpha value is -1.10. The van der Waals surface area contributed by atoms with Crippen LogP contribution in [0.25, 0.3) is 0 Å². The molecule has 0 aliphatic carbocycles. The first-order valence-electron chi connectivity index (χ1n) is 6.52. The van der Waals surface area contributed by atoms with Gasteiger partial charge < -0.3 is 41.2 Å². The summed E-state index contributed by atoms with van der Waals surface area (Å²) >= 11 is 0. The monoisotopic (exact) mass is 311 g/mol. The number of carboxylic acid groups (broad SMARTS) is 1. The minimum atomic E-state index is -1.79. The molecule has 0 aromatic rings. The van der Waals surface area contributed by atoms with Crippen molar-refractivity contribution in [2.24, 2.45) is 5.73 Å². The van der Waals surface area contributed by atoms with Gasteiger partial charge in [0.25, 0.3) is 0 Å². The van der Waals surface area contributed by atoms with E-state index in [4.69, 9.17) is 36.4 Å². The van der Waals surface area contributed by atoms with Gasteiger partial charge in [-0.05, 0) is 19.4 Å². The van der Waals surface area contributed by atoms with Crippen LogP contribution in [0, 0.1) is 0 Å². The number of hydrogen-bond donors (Lipinski definition) is 7. The molecule has 0 aromatic carbocycles. The smallest absolute Gasteiger partial charge is 0.303 e.